The molecule has 146 valence electrons. The van der Waals surface area contributed by atoms with Crippen LogP contribution >= 0.6 is 11.3 Å². The molecule has 0 bridgehead atoms. The molecule has 1 aliphatic carbocycles. The van der Waals surface area contributed by atoms with Gasteiger partial charge in [-0.3, -0.25) is 9.89 Å². The fourth-order valence-electron chi connectivity index (χ4n) is 4.28. The summed E-state index contributed by atoms with van der Waals surface area (Å²) in [5.74, 6) is 0.953. The highest BCUT2D eigenvalue weighted by atomic mass is 32.1. The molecule has 1 saturated heterocycles. The van der Waals surface area contributed by atoms with Crippen molar-refractivity contribution in [3.05, 3.63) is 16.1 Å². The molecule has 1 aromatic rings. The normalized spacial score (nSPS) is 21.6. The molecule has 26 heavy (non-hydrogen) atoms. The van der Waals surface area contributed by atoms with Crippen LogP contribution in [-0.4, -0.2) is 73.2 Å². The van der Waals surface area contributed by atoms with Gasteiger partial charge in [0.15, 0.2) is 5.96 Å². The van der Waals surface area contributed by atoms with Crippen LogP contribution in [0.25, 0.3) is 0 Å². The molecule has 3 rings (SSSR count). The SMILES string of the molecule is CN=C(NCC1(N2CCOCC2)CCCCC1)N(C)Cc1csc(C)n1. The van der Waals surface area contributed by atoms with Crippen LogP contribution in [0.5, 0.6) is 0 Å². The largest absolute Gasteiger partial charge is 0.379 e. The van der Waals surface area contributed by atoms with Crippen molar-refractivity contribution in [1.82, 2.24) is 20.1 Å². The molecule has 1 aliphatic heterocycles. The Labute approximate surface area is 161 Å². The second-order valence-electron chi connectivity index (χ2n) is 7.50. The maximum atomic E-state index is 5.59. The number of aliphatic imine (C=N–C) groups is 1. The fourth-order valence-corrected chi connectivity index (χ4v) is 4.88. The summed E-state index contributed by atoms with van der Waals surface area (Å²) >= 11 is 1.70. The van der Waals surface area contributed by atoms with Gasteiger partial charge < -0.3 is 15.0 Å². The Morgan fingerprint density at radius 3 is 2.69 bits per heavy atom. The summed E-state index contributed by atoms with van der Waals surface area (Å²) in [6.45, 7) is 7.62. The molecular weight excluding hydrogens is 346 g/mol. The predicted molar refractivity (Wildman–Crippen MR) is 108 cm³/mol. The highest BCUT2D eigenvalue weighted by molar-refractivity contribution is 7.09. The van der Waals surface area contributed by atoms with E-state index in [0.717, 1.165) is 56.1 Å². The average Bonchev–Trinajstić information content (AvgIpc) is 3.08. The van der Waals surface area contributed by atoms with E-state index in [9.17, 15) is 0 Å². The van der Waals surface area contributed by atoms with Crippen molar-refractivity contribution in [1.29, 1.82) is 0 Å². The van der Waals surface area contributed by atoms with Gasteiger partial charge in [0.1, 0.15) is 0 Å². The van der Waals surface area contributed by atoms with Crippen molar-refractivity contribution in [2.24, 2.45) is 4.99 Å². The second kappa shape index (κ2) is 9.15. The Hall–Kier alpha value is -1.18. The first kappa shape index (κ1) is 19.6. The number of nitrogens with one attached hydrogen (secondary N) is 1. The number of guanidine groups is 1. The molecule has 2 aliphatic rings. The molecule has 0 aromatic carbocycles. The van der Waals surface area contributed by atoms with Gasteiger partial charge >= 0.3 is 0 Å². The van der Waals surface area contributed by atoms with E-state index in [1.54, 1.807) is 11.3 Å². The topological polar surface area (TPSA) is 53.0 Å². The van der Waals surface area contributed by atoms with Gasteiger partial charge in [-0.05, 0) is 19.8 Å². The van der Waals surface area contributed by atoms with Gasteiger partial charge in [0.2, 0.25) is 0 Å². The number of thiazole rings is 1. The summed E-state index contributed by atoms with van der Waals surface area (Å²) in [4.78, 5) is 13.9. The quantitative estimate of drug-likeness (QED) is 0.629. The van der Waals surface area contributed by atoms with Crippen molar-refractivity contribution in [2.75, 3.05) is 46.9 Å². The molecule has 6 nitrogen and oxygen atoms in total. The summed E-state index contributed by atoms with van der Waals surface area (Å²) in [5.41, 5.74) is 1.36. The van der Waals surface area contributed by atoms with Gasteiger partial charge in [-0.1, -0.05) is 19.3 Å². The molecule has 2 heterocycles. The van der Waals surface area contributed by atoms with Crippen LogP contribution in [-0.2, 0) is 11.3 Å². The summed E-state index contributed by atoms with van der Waals surface area (Å²) in [7, 11) is 3.96. The second-order valence-corrected chi connectivity index (χ2v) is 8.56. The first-order chi connectivity index (χ1) is 12.6. The van der Waals surface area contributed by atoms with Crippen molar-refractivity contribution >= 4 is 17.3 Å². The van der Waals surface area contributed by atoms with Crippen LogP contribution in [0.4, 0.5) is 0 Å². The summed E-state index contributed by atoms with van der Waals surface area (Å²) in [6.07, 6.45) is 6.55. The predicted octanol–water partition coefficient (Wildman–Crippen LogP) is 2.49. The highest BCUT2D eigenvalue weighted by Gasteiger charge is 2.38. The third-order valence-electron chi connectivity index (χ3n) is 5.68. The maximum Gasteiger partial charge on any atom is 0.193 e. The van der Waals surface area contributed by atoms with E-state index in [-0.39, 0.29) is 5.54 Å². The van der Waals surface area contributed by atoms with Crippen LogP contribution in [0.3, 0.4) is 0 Å². The molecule has 2 fully saturated rings. The average molecular weight is 380 g/mol. The summed E-state index contributed by atoms with van der Waals surface area (Å²) < 4.78 is 5.59. The fraction of sp³-hybridized carbons (Fsp3) is 0.789. The lowest BCUT2D eigenvalue weighted by Crippen LogP contribution is -2.60. The monoisotopic (exact) mass is 379 g/mol. The lowest BCUT2D eigenvalue weighted by Gasteiger charge is -2.48. The third kappa shape index (κ3) is 4.75. The van der Waals surface area contributed by atoms with E-state index in [1.807, 2.05) is 7.05 Å². The zero-order valence-corrected chi connectivity index (χ0v) is 17.3. The van der Waals surface area contributed by atoms with Gasteiger partial charge in [-0.2, -0.15) is 0 Å². The molecule has 0 radical (unpaired) electrons. The Kier molecular flexibility index (Phi) is 6.89. The van der Waals surface area contributed by atoms with Crippen LogP contribution in [0, 0.1) is 6.92 Å². The molecule has 0 atom stereocenters. The lowest BCUT2D eigenvalue weighted by molar-refractivity contribution is -0.0354. The third-order valence-corrected chi connectivity index (χ3v) is 6.50. The molecule has 1 N–H and O–H groups in total. The van der Waals surface area contributed by atoms with Crippen LogP contribution in [0.2, 0.25) is 0 Å². The molecule has 0 spiro atoms. The molecule has 0 unspecified atom stereocenters. The smallest absolute Gasteiger partial charge is 0.193 e. The van der Waals surface area contributed by atoms with Gasteiger partial charge in [0.25, 0.3) is 0 Å². The zero-order valence-electron chi connectivity index (χ0n) is 16.5. The van der Waals surface area contributed by atoms with E-state index in [4.69, 9.17) is 4.74 Å². The minimum Gasteiger partial charge on any atom is -0.379 e. The first-order valence-electron chi connectivity index (χ1n) is 9.78. The molecule has 1 aromatic heterocycles. The van der Waals surface area contributed by atoms with Crippen molar-refractivity contribution in [3.63, 3.8) is 0 Å². The number of aromatic nitrogens is 1. The van der Waals surface area contributed by atoms with Gasteiger partial charge in [-0.25, -0.2) is 4.98 Å². The minimum absolute atomic E-state index is 0.246. The summed E-state index contributed by atoms with van der Waals surface area (Å²) in [5, 5.41) is 6.92. The van der Waals surface area contributed by atoms with E-state index in [2.05, 4.69) is 44.4 Å². The zero-order chi connectivity index (χ0) is 18.4. The number of rotatable bonds is 5. The van der Waals surface area contributed by atoms with Crippen LogP contribution in [0.1, 0.15) is 42.8 Å². The van der Waals surface area contributed by atoms with Crippen molar-refractivity contribution < 1.29 is 4.74 Å². The summed E-state index contributed by atoms with van der Waals surface area (Å²) in [6, 6.07) is 0. The molecular formula is C19H33N5OS. The Bertz CT molecular complexity index is 591. The van der Waals surface area contributed by atoms with Gasteiger partial charge in [0, 0.05) is 44.6 Å². The minimum atomic E-state index is 0.246. The number of hydrogen-bond acceptors (Lipinski definition) is 5. The van der Waals surface area contributed by atoms with Crippen molar-refractivity contribution in [3.8, 4) is 0 Å². The molecule has 0 amide bonds. The van der Waals surface area contributed by atoms with Crippen molar-refractivity contribution in [2.45, 2.75) is 51.1 Å². The van der Waals surface area contributed by atoms with Gasteiger partial charge in [-0.15, -0.1) is 11.3 Å². The highest BCUT2D eigenvalue weighted by Crippen LogP contribution is 2.33. The van der Waals surface area contributed by atoms with Crippen LogP contribution in [0.15, 0.2) is 10.4 Å². The number of hydrogen-bond donors (Lipinski definition) is 1. The van der Waals surface area contributed by atoms with E-state index >= 15 is 0 Å². The van der Waals surface area contributed by atoms with E-state index < -0.39 is 0 Å². The number of nitrogens with zero attached hydrogens (tertiary/aromatic N) is 4. The Morgan fingerprint density at radius 2 is 2.08 bits per heavy atom. The standard InChI is InChI=1S/C19H33N5OS/c1-16-22-17(14-26-16)13-23(3)18(20-2)21-15-19(7-5-4-6-8-19)24-9-11-25-12-10-24/h14H,4-13,15H2,1-3H3,(H,20,21). The van der Waals surface area contributed by atoms with E-state index in [1.165, 1.54) is 32.1 Å². The number of ether oxygens (including phenoxy) is 1. The Balaban J connectivity index is 1.62. The first-order valence-corrected chi connectivity index (χ1v) is 10.7. The number of aryl methyl sites for hydroxylation is 1. The lowest BCUT2D eigenvalue weighted by atomic mass is 9.80. The number of morpholine rings is 1. The van der Waals surface area contributed by atoms with Crippen LogP contribution < -0.4 is 5.32 Å². The maximum absolute atomic E-state index is 5.59. The molecule has 1 saturated carbocycles. The molecule has 7 heteroatoms. The Morgan fingerprint density at radius 1 is 1.35 bits per heavy atom. The van der Waals surface area contributed by atoms with E-state index in [0.29, 0.717) is 0 Å². The van der Waals surface area contributed by atoms with Gasteiger partial charge in [0.05, 0.1) is 30.5 Å².